The average Bonchev–Trinajstić information content (AvgIpc) is 2.03. The molecule has 0 amide bonds. The summed E-state index contributed by atoms with van der Waals surface area (Å²) in [5.41, 5.74) is 0.793. The Kier molecular flexibility index (Phi) is 6.08. The third-order valence-electron chi connectivity index (χ3n) is 1.15. The molecule has 78 valence electrons. The van der Waals surface area contributed by atoms with Crippen molar-refractivity contribution in [3.8, 4) is 5.75 Å². The number of hydrogen-bond acceptors (Lipinski definition) is 2. The van der Waals surface area contributed by atoms with Crippen LogP contribution < -0.4 is 0 Å². The average molecular weight is 237 g/mol. The molecule has 14 heavy (non-hydrogen) atoms. The highest BCUT2D eigenvalue weighted by atomic mass is 35.5. The minimum absolute atomic E-state index is 0.220. The van der Waals surface area contributed by atoms with Crippen LogP contribution in [0.3, 0.4) is 0 Å². The monoisotopic (exact) mass is 236 g/mol. The molecular formula is C9H10Cl2O3. The molecule has 0 aliphatic carbocycles. The fourth-order valence-electron chi connectivity index (χ4n) is 0.620. The molecule has 0 unspecified atom stereocenters. The fraction of sp³-hybridized carbons (Fsp3) is 0.222. The maximum atomic E-state index is 9.00. The highest BCUT2D eigenvalue weighted by Gasteiger charge is 2.00. The molecule has 1 aromatic carbocycles. The summed E-state index contributed by atoms with van der Waals surface area (Å²) in [6.07, 6.45) is 0. The highest BCUT2D eigenvalue weighted by Crippen LogP contribution is 2.25. The molecule has 0 saturated carbocycles. The van der Waals surface area contributed by atoms with Crippen LogP contribution in [0.5, 0.6) is 5.75 Å². The number of rotatable bonds is 1. The van der Waals surface area contributed by atoms with Crippen LogP contribution >= 0.6 is 23.2 Å². The molecular weight excluding hydrogens is 227 g/mol. The number of carbonyl (C=O) groups is 1. The van der Waals surface area contributed by atoms with Gasteiger partial charge < -0.3 is 10.2 Å². The largest absolute Gasteiger partial charge is 0.508 e. The van der Waals surface area contributed by atoms with E-state index in [4.69, 9.17) is 38.2 Å². The van der Waals surface area contributed by atoms with E-state index >= 15 is 0 Å². The third kappa shape index (κ3) is 6.57. The summed E-state index contributed by atoms with van der Waals surface area (Å²) < 4.78 is 0. The zero-order chi connectivity index (χ0) is 11.1. The Morgan fingerprint density at radius 1 is 1.29 bits per heavy atom. The number of hydrogen-bond donors (Lipinski definition) is 2. The van der Waals surface area contributed by atoms with Crippen molar-refractivity contribution in [3.63, 3.8) is 0 Å². The third-order valence-corrected chi connectivity index (χ3v) is 1.65. The topological polar surface area (TPSA) is 57.5 Å². The number of aliphatic carboxylic acids is 1. The van der Waals surface area contributed by atoms with E-state index in [1.807, 2.05) is 0 Å². The molecule has 2 N–H and O–H groups in total. The molecule has 0 saturated heterocycles. The Bertz CT molecular complexity index is 279. The Labute approximate surface area is 91.9 Å². The predicted octanol–water partition coefficient (Wildman–Crippen LogP) is 2.96. The Balaban J connectivity index is 0.000000364. The lowest BCUT2D eigenvalue weighted by Crippen LogP contribution is -1.78. The van der Waals surface area contributed by atoms with E-state index < -0.39 is 10.8 Å². The normalized spacial score (nSPS) is 9.14. The molecule has 0 aliphatic rings. The smallest absolute Gasteiger partial charge is 0.300 e. The summed E-state index contributed by atoms with van der Waals surface area (Å²) in [5.74, 6) is -0.613. The van der Waals surface area contributed by atoms with Gasteiger partial charge in [0.2, 0.25) is 0 Å². The van der Waals surface area contributed by atoms with Crippen LogP contribution in [0.15, 0.2) is 24.3 Å². The summed E-state index contributed by atoms with van der Waals surface area (Å²) >= 11 is 11.1. The highest BCUT2D eigenvalue weighted by molar-refractivity contribution is 6.44. The van der Waals surface area contributed by atoms with Gasteiger partial charge in [0.25, 0.3) is 5.97 Å². The molecule has 0 aromatic heterocycles. The number of benzene rings is 1. The summed E-state index contributed by atoms with van der Waals surface area (Å²) in [6.45, 7) is 1.08. The van der Waals surface area contributed by atoms with E-state index in [-0.39, 0.29) is 5.75 Å². The van der Waals surface area contributed by atoms with Gasteiger partial charge in [-0.15, -0.1) is 23.2 Å². The van der Waals surface area contributed by atoms with Crippen LogP contribution in [0.1, 0.15) is 17.3 Å². The summed E-state index contributed by atoms with van der Waals surface area (Å²) in [5, 5.41) is 16.3. The van der Waals surface area contributed by atoms with Gasteiger partial charge in [-0.05, 0) is 17.7 Å². The SMILES string of the molecule is CC(=O)O.Oc1ccc(C(Cl)Cl)cc1. The van der Waals surface area contributed by atoms with Crippen molar-refractivity contribution in [2.75, 3.05) is 0 Å². The first-order valence-electron chi connectivity index (χ1n) is 3.70. The molecule has 1 aromatic rings. The lowest BCUT2D eigenvalue weighted by Gasteiger charge is -1.99. The molecule has 0 radical (unpaired) electrons. The first kappa shape index (κ1) is 13.1. The molecule has 1 rings (SSSR count). The second kappa shape index (κ2) is 6.51. The van der Waals surface area contributed by atoms with Gasteiger partial charge in [-0.1, -0.05) is 12.1 Å². The van der Waals surface area contributed by atoms with Crippen molar-refractivity contribution >= 4 is 29.2 Å². The molecule has 3 nitrogen and oxygen atoms in total. The lowest BCUT2D eigenvalue weighted by molar-refractivity contribution is -0.134. The molecule has 0 heterocycles. The Hall–Kier alpha value is -0.930. The van der Waals surface area contributed by atoms with Gasteiger partial charge in [-0.2, -0.15) is 0 Å². The maximum absolute atomic E-state index is 9.00. The number of alkyl halides is 2. The lowest BCUT2D eigenvalue weighted by atomic mass is 10.2. The zero-order valence-corrected chi connectivity index (χ0v) is 8.96. The number of halogens is 2. The van der Waals surface area contributed by atoms with E-state index in [2.05, 4.69) is 0 Å². The van der Waals surface area contributed by atoms with Gasteiger partial charge in [0, 0.05) is 6.92 Å². The van der Waals surface area contributed by atoms with Crippen LogP contribution in [0.4, 0.5) is 0 Å². The molecule has 5 heteroatoms. The van der Waals surface area contributed by atoms with Crippen LogP contribution in [0.25, 0.3) is 0 Å². The van der Waals surface area contributed by atoms with E-state index in [0.717, 1.165) is 12.5 Å². The maximum Gasteiger partial charge on any atom is 0.300 e. The van der Waals surface area contributed by atoms with Gasteiger partial charge in [-0.25, -0.2) is 0 Å². The van der Waals surface area contributed by atoms with E-state index in [1.165, 1.54) is 0 Å². The van der Waals surface area contributed by atoms with Crippen molar-refractivity contribution in [1.29, 1.82) is 0 Å². The first-order valence-corrected chi connectivity index (χ1v) is 4.57. The zero-order valence-electron chi connectivity index (χ0n) is 7.45. The fourth-order valence-corrected chi connectivity index (χ4v) is 0.911. The molecule has 0 spiro atoms. The summed E-state index contributed by atoms with van der Waals surface area (Å²) in [7, 11) is 0. The number of carboxylic acids is 1. The molecule has 0 bridgehead atoms. The van der Waals surface area contributed by atoms with Gasteiger partial charge in [0.15, 0.2) is 0 Å². The molecule has 0 fully saturated rings. The van der Waals surface area contributed by atoms with E-state index in [0.29, 0.717) is 0 Å². The summed E-state index contributed by atoms with van der Waals surface area (Å²) in [4.78, 5) is 8.49. The van der Waals surface area contributed by atoms with Crippen LogP contribution in [-0.2, 0) is 4.79 Å². The minimum Gasteiger partial charge on any atom is -0.508 e. The second-order valence-electron chi connectivity index (χ2n) is 2.41. The minimum atomic E-state index is -0.833. The van der Waals surface area contributed by atoms with E-state index in [9.17, 15) is 0 Å². The van der Waals surface area contributed by atoms with Gasteiger partial charge >= 0.3 is 0 Å². The van der Waals surface area contributed by atoms with Gasteiger partial charge in [-0.3, -0.25) is 4.79 Å². The number of carboxylic acid groups (broad SMARTS) is 1. The second-order valence-corrected chi connectivity index (χ2v) is 3.51. The molecule has 0 aliphatic heterocycles. The molecule has 0 atom stereocenters. The standard InChI is InChI=1S/C7H6Cl2O.C2H4O2/c8-7(9)5-1-3-6(10)4-2-5;1-2(3)4/h1-4,7,10H;1H3,(H,3,4). The van der Waals surface area contributed by atoms with Crippen LogP contribution in [0, 0.1) is 0 Å². The van der Waals surface area contributed by atoms with Gasteiger partial charge in [0.05, 0.1) is 0 Å². The first-order chi connectivity index (χ1) is 6.43. The van der Waals surface area contributed by atoms with Crippen molar-refractivity contribution in [1.82, 2.24) is 0 Å². The predicted molar refractivity (Wildman–Crippen MR) is 55.9 cm³/mol. The van der Waals surface area contributed by atoms with Crippen molar-refractivity contribution < 1.29 is 15.0 Å². The number of phenolic OH excluding ortho intramolecular Hbond substituents is 1. The quantitative estimate of drug-likeness (QED) is 0.738. The van der Waals surface area contributed by atoms with E-state index in [1.54, 1.807) is 24.3 Å². The van der Waals surface area contributed by atoms with Crippen LogP contribution in [-0.4, -0.2) is 16.2 Å². The van der Waals surface area contributed by atoms with Crippen molar-refractivity contribution in [3.05, 3.63) is 29.8 Å². The van der Waals surface area contributed by atoms with Crippen molar-refractivity contribution in [2.24, 2.45) is 0 Å². The number of phenols is 1. The van der Waals surface area contributed by atoms with Crippen molar-refractivity contribution in [2.45, 2.75) is 11.8 Å². The number of aromatic hydroxyl groups is 1. The van der Waals surface area contributed by atoms with Crippen LogP contribution in [0.2, 0.25) is 0 Å². The Morgan fingerprint density at radius 3 is 1.93 bits per heavy atom. The van der Waals surface area contributed by atoms with Gasteiger partial charge in [0.1, 0.15) is 10.6 Å². The summed E-state index contributed by atoms with van der Waals surface area (Å²) in [6, 6.07) is 6.46. The Morgan fingerprint density at radius 2 is 1.64 bits per heavy atom.